The Hall–Kier alpha value is -2.66. The molecule has 1 aromatic heterocycles. The van der Waals surface area contributed by atoms with E-state index in [1.165, 1.54) is 0 Å². The lowest BCUT2D eigenvalue weighted by Gasteiger charge is -2.07. The number of hydrogen-bond acceptors (Lipinski definition) is 2. The van der Waals surface area contributed by atoms with Gasteiger partial charge in [0.05, 0.1) is 5.69 Å². The van der Waals surface area contributed by atoms with Gasteiger partial charge in [-0.3, -0.25) is 10.1 Å². The van der Waals surface area contributed by atoms with Gasteiger partial charge in [0.25, 0.3) is 0 Å². The minimum Gasteiger partial charge on any atom is -0.387 e. The van der Waals surface area contributed by atoms with E-state index in [-0.39, 0.29) is 0 Å². The first-order valence-electron chi connectivity index (χ1n) is 7.53. The number of amidine groups is 1. The standard InChI is InChI=1S/C18H18ClN5/c1-11-8-12(19)6-7-13(11)14-4-3-5-15-16(9-17(21)22-10-20)24(2)23-18(14)15/h3-8,10H,9H2,1-2H3,(H3,20,21,22). The van der Waals surface area contributed by atoms with Crippen LogP contribution >= 0.6 is 11.6 Å². The summed E-state index contributed by atoms with van der Waals surface area (Å²) in [5, 5.41) is 13.5. The van der Waals surface area contributed by atoms with Gasteiger partial charge in [-0.15, -0.1) is 0 Å². The lowest BCUT2D eigenvalue weighted by molar-refractivity contribution is 0.742. The van der Waals surface area contributed by atoms with E-state index in [1.807, 2.05) is 49.0 Å². The van der Waals surface area contributed by atoms with E-state index >= 15 is 0 Å². The first kappa shape index (κ1) is 16.2. The van der Waals surface area contributed by atoms with Crippen molar-refractivity contribution in [3.05, 3.63) is 52.7 Å². The molecule has 0 aliphatic heterocycles. The van der Waals surface area contributed by atoms with Crippen LogP contribution in [0.15, 0.2) is 41.4 Å². The number of nitrogens with zero attached hydrogens (tertiary/aromatic N) is 3. The van der Waals surface area contributed by atoms with Crippen LogP contribution in [0.1, 0.15) is 11.3 Å². The van der Waals surface area contributed by atoms with Crippen molar-refractivity contribution >= 4 is 34.7 Å². The smallest absolute Gasteiger partial charge is 0.109 e. The molecule has 0 aliphatic carbocycles. The highest BCUT2D eigenvalue weighted by atomic mass is 35.5. The SMILES string of the molecule is Cc1cc(Cl)ccc1-c1cccc2c(CC(N)=NC=N)n(C)nc12. The highest BCUT2D eigenvalue weighted by molar-refractivity contribution is 6.30. The van der Waals surface area contributed by atoms with E-state index in [4.69, 9.17) is 22.7 Å². The minimum absolute atomic E-state index is 0.392. The molecule has 0 saturated heterocycles. The average molecular weight is 340 g/mol. The monoisotopic (exact) mass is 339 g/mol. The molecule has 1 heterocycles. The molecule has 0 fully saturated rings. The number of aliphatic imine (C=N–C) groups is 1. The summed E-state index contributed by atoms with van der Waals surface area (Å²) in [7, 11) is 1.89. The first-order valence-corrected chi connectivity index (χ1v) is 7.91. The second kappa shape index (κ2) is 6.45. The Morgan fingerprint density at radius 2 is 2.12 bits per heavy atom. The zero-order chi connectivity index (χ0) is 17.3. The van der Waals surface area contributed by atoms with Crippen molar-refractivity contribution in [1.82, 2.24) is 9.78 Å². The summed E-state index contributed by atoms with van der Waals surface area (Å²) in [6.07, 6.45) is 1.40. The van der Waals surface area contributed by atoms with Gasteiger partial charge >= 0.3 is 0 Å². The van der Waals surface area contributed by atoms with Crippen LogP contribution in [-0.2, 0) is 13.5 Å². The molecule has 0 spiro atoms. The third-order valence-corrected chi connectivity index (χ3v) is 4.28. The van der Waals surface area contributed by atoms with Crippen LogP contribution in [0, 0.1) is 12.3 Å². The largest absolute Gasteiger partial charge is 0.387 e. The number of aromatic nitrogens is 2. The third-order valence-electron chi connectivity index (χ3n) is 4.05. The Morgan fingerprint density at radius 1 is 1.33 bits per heavy atom. The summed E-state index contributed by atoms with van der Waals surface area (Å²) >= 11 is 6.07. The maximum atomic E-state index is 7.04. The highest BCUT2D eigenvalue weighted by Gasteiger charge is 2.15. The predicted molar refractivity (Wildman–Crippen MR) is 100 cm³/mol. The highest BCUT2D eigenvalue weighted by Crippen LogP contribution is 2.32. The van der Waals surface area contributed by atoms with Crippen molar-refractivity contribution in [2.24, 2.45) is 17.8 Å². The quantitative estimate of drug-likeness (QED) is 0.561. The molecule has 6 heteroatoms. The van der Waals surface area contributed by atoms with Gasteiger partial charge in [-0.1, -0.05) is 35.9 Å². The Bertz CT molecular complexity index is 955. The van der Waals surface area contributed by atoms with Gasteiger partial charge in [0.15, 0.2) is 0 Å². The Labute approximate surface area is 145 Å². The Morgan fingerprint density at radius 3 is 2.83 bits per heavy atom. The van der Waals surface area contributed by atoms with Gasteiger partial charge in [-0.05, 0) is 30.2 Å². The van der Waals surface area contributed by atoms with Gasteiger partial charge in [-0.25, -0.2) is 4.99 Å². The fraction of sp³-hybridized carbons (Fsp3) is 0.167. The van der Waals surface area contributed by atoms with E-state index in [0.29, 0.717) is 12.3 Å². The molecule has 0 atom stereocenters. The van der Waals surface area contributed by atoms with Crippen LogP contribution < -0.4 is 5.73 Å². The zero-order valence-corrected chi connectivity index (χ0v) is 14.3. The number of rotatable bonds is 4. The van der Waals surface area contributed by atoms with Crippen molar-refractivity contribution in [1.29, 1.82) is 5.41 Å². The molecule has 0 bridgehead atoms. The summed E-state index contributed by atoms with van der Waals surface area (Å²) in [6, 6.07) is 12.0. The van der Waals surface area contributed by atoms with Gasteiger partial charge in [0.1, 0.15) is 17.7 Å². The lowest BCUT2D eigenvalue weighted by Crippen LogP contribution is -2.17. The van der Waals surface area contributed by atoms with E-state index in [9.17, 15) is 0 Å². The van der Waals surface area contributed by atoms with E-state index in [0.717, 1.165) is 44.6 Å². The van der Waals surface area contributed by atoms with Crippen molar-refractivity contribution < 1.29 is 0 Å². The molecule has 2 aromatic carbocycles. The third kappa shape index (κ3) is 2.90. The van der Waals surface area contributed by atoms with Crippen LogP contribution in [0.2, 0.25) is 5.02 Å². The molecular formula is C18H18ClN5. The second-order valence-electron chi connectivity index (χ2n) is 5.66. The molecule has 3 N–H and O–H groups in total. The van der Waals surface area contributed by atoms with Crippen molar-refractivity contribution in [2.45, 2.75) is 13.3 Å². The molecule has 3 rings (SSSR count). The molecule has 0 aliphatic rings. The normalized spacial score (nSPS) is 11.9. The van der Waals surface area contributed by atoms with Crippen LogP contribution in [0.25, 0.3) is 22.0 Å². The topological polar surface area (TPSA) is 80.0 Å². The van der Waals surface area contributed by atoms with Crippen LogP contribution in [0.3, 0.4) is 0 Å². The summed E-state index contributed by atoms with van der Waals surface area (Å²) in [5.74, 6) is 0.392. The number of nitrogens with two attached hydrogens (primary N) is 1. The summed E-state index contributed by atoms with van der Waals surface area (Å²) in [4.78, 5) is 3.83. The van der Waals surface area contributed by atoms with Crippen molar-refractivity contribution in [2.75, 3.05) is 0 Å². The molecule has 0 amide bonds. The summed E-state index contributed by atoms with van der Waals surface area (Å²) in [5.41, 5.74) is 11.0. The van der Waals surface area contributed by atoms with E-state index < -0.39 is 0 Å². The van der Waals surface area contributed by atoms with E-state index in [2.05, 4.69) is 16.2 Å². The molecule has 122 valence electrons. The van der Waals surface area contributed by atoms with Gasteiger partial charge in [0.2, 0.25) is 0 Å². The summed E-state index contributed by atoms with van der Waals surface area (Å²) < 4.78 is 1.83. The maximum absolute atomic E-state index is 7.04. The van der Waals surface area contributed by atoms with Gasteiger partial charge in [0, 0.05) is 29.4 Å². The van der Waals surface area contributed by atoms with Crippen molar-refractivity contribution in [3.8, 4) is 11.1 Å². The number of nitrogens with one attached hydrogen (secondary N) is 1. The van der Waals surface area contributed by atoms with Gasteiger partial charge in [-0.2, -0.15) is 5.10 Å². The Kier molecular flexibility index (Phi) is 4.36. The minimum atomic E-state index is 0.392. The second-order valence-corrected chi connectivity index (χ2v) is 6.09. The summed E-state index contributed by atoms with van der Waals surface area (Å²) in [6.45, 7) is 2.04. The Balaban J connectivity index is 2.19. The fourth-order valence-corrected chi connectivity index (χ4v) is 3.15. The maximum Gasteiger partial charge on any atom is 0.109 e. The molecule has 5 nitrogen and oxygen atoms in total. The number of benzene rings is 2. The number of halogens is 1. The number of aryl methyl sites for hydroxylation is 2. The fourth-order valence-electron chi connectivity index (χ4n) is 2.93. The zero-order valence-electron chi connectivity index (χ0n) is 13.5. The molecule has 0 unspecified atom stereocenters. The predicted octanol–water partition coefficient (Wildman–Crippen LogP) is 3.71. The van der Waals surface area contributed by atoms with E-state index in [1.54, 1.807) is 0 Å². The molecule has 0 saturated carbocycles. The average Bonchev–Trinajstić information content (AvgIpc) is 2.84. The lowest BCUT2D eigenvalue weighted by atomic mass is 9.98. The molecule has 0 radical (unpaired) electrons. The number of hydrogen-bond donors (Lipinski definition) is 2. The van der Waals surface area contributed by atoms with Crippen LogP contribution in [0.4, 0.5) is 0 Å². The number of fused-ring (bicyclic) bond motifs is 1. The molecular weight excluding hydrogens is 322 g/mol. The molecule has 3 aromatic rings. The van der Waals surface area contributed by atoms with Gasteiger partial charge < -0.3 is 5.73 Å². The van der Waals surface area contributed by atoms with Crippen molar-refractivity contribution in [3.63, 3.8) is 0 Å². The first-order chi connectivity index (χ1) is 11.5. The van der Waals surface area contributed by atoms with Crippen LogP contribution in [0.5, 0.6) is 0 Å². The molecule has 24 heavy (non-hydrogen) atoms. The van der Waals surface area contributed by atoms with Crippen LogP contribution in [-0.4, -0.2) is 22.0 Å².